The Morgan fingerprint density at radius 3 is 1.25 bits per heavy atom. The normalized spacial score (nSPS) is 12.0. The van der Waals surface area contributed by atoms with Crippen LogP contribution in [0.5, 0.6) is 0 Å². The van der Waals surface area contributed by atoms with E-state index in [0.29, 0.717) is 11.1 Å². The number of carbonyl (C=O) groups is 3. The number of hydrogen-bond acceptors (Lipinski definition) is 5. The Balaban J connectivity index is 2.27. The third kappa shape index (κ3) is 5.67. The van der Waals surface area contributed by atoms with Crippen LogP contribution < -0.4 is 0 Å². The molecule has 226 valence electrons. The first-order chi connectivity index (χ1) is 20.7. The fourth-order valence-electron chi connectivity index (χ4n) is 6.05. The van der Waals surface area contributed by atoms with Crippen LogP contribution in [0, 0.1) is 0 Å². The topological polar surface area (TPSA) is 158 Å². The van der Waals surface area contributed by atoms with Crippen molar-refractivity contribution in [1.82, 2.24) is 0 Å². The van der Waals surface area contributed by atoms with Crippen molar-refractivity contribution in [3.05, 3.63) is 142 Å². The van der Waals surface area contributed by atoms with Gasteiger partial charge in [0, 0.05) is 0 Å². The summed E-state index contributed by atoms with van der Waals surface area (Å²) in [5.74, 6) is -4.42. The molecule has 10 heteroatoms. The van der Waals surface area contributed by atoms with Crippen molar-refractivity contribution in [3.63, 3.8) is 0 Å². The molecule has 0 aliphatic carbocycles. The number of carboxylic acids is 3. The second-order valence-electron chi connectivity index (χ2n) is 11.4. The first-order valence-electron chi connectivity index (χ1n) is 13.7. The predicted octanol–water partition coefficient (Wildman–Crippen LogP) is 5.87. The van der Waals surface area contributed by atoms with Crippen LogP contribution in [0.3, 0.4) is 0 Å². The molecule has 4 rings (SSSR count). The number of benzene rings is 4. The van der Waals surface area contributed by atoms with Gasteiger partial charge in [0.05, 0.1) is 0 Å². The molecule has 0 aromatic heterocycles. The van der Waals surface area contributed by atoms with Crippen LogP contribution in [0.2, 0.25) is 0 Å². The molecule has 4 aromatic carbocycles. The fourth-order valence-corrected chi connectivity index (χ4v) is 6.94. The summed E-state index contributed by atoms with van der Waals surface area (Å²) >= 11 is -4.81. The van der Waals surface area contributed by atoms with E-state index >= 15 is 0 Å². The molecule has 4 N–H and O–H groups in total. The van der Waals surface area contributed by atoms with E-state index in [-0.39, 0.29) is 33.4 Å². The number of hydrogen-bond donors (Lipinski definition) is 4. The first kappa shape index (κ1) is 32.6. The van der Waals surface area contributed by atoms with Gasteiger partial charge in [0.1, 0.15) is 0 Å². The van der Waals surface area contributed by atoms with Crippen LogP contribution in [0.1, 0.15) is 81.8 Å². The predicted molar refractivity (Wildman–Crippen MR) is 156 cm³/mol. The molecule has 0 saturated carbocycles. The van der Waals surface area contributed by atoms with Gasteiger partial charge in [-0.05, 0) is 0 Å². The molecule has 0 radical (unpaired) electrons. The summed E-state index contributed by atoms with van der Waals surface area (Å²) in [6.07, 6.45) is 0. The van der Waals surface area contributed by atoms with Gasteiger partial charge in [-0.2, -0.15) is 0 Å². The van der Waals surface area contributed by atoms with Crippen molar-refractivity contribution in [3.8, 4) is 0 Å². The molecule has 9 nitrogen and oxygen atoms in total. The van der Waals surface area contributed by atoms with Crippen LogP contribution in [-0.2, 0) is 46.5 Å². The Bertz CT molecular complexity index is 1630. The van der Waals surface area contributed by atoms with Gasteiger partial charge in [-0.15, -0.1) is 0 Å². The fraction of sp³-hybridized carbons (Fsp3) is 0.206. The van der Waals surface area contributed by atoms with Gasteiger partial charge in [0.15, 0.2) is 0 Å². The summed E-state index contributed by atoms with van der Waals surface area (Å²) in [4.78, 5) is 39.1. The Kier molecular flexibility index (Phi) is 9.18. The van der Waals surface area contributed by atoms with E-state index in [0.717, 1.165) is 0 Å². The van der Waals surface area contributed by atoms with E-state index in [1.165, 1.54) is 36.4 Å². The zero-order valence-corrected chi connectivity index (χ0v) is 26.1. The number of aliphatic carboxylic acids is 1. The third-order valence-electron chi connectivity index (χ3n) is 8.13. The number of carboxylic acid groups (broad SMARTS) is 3. The molecule has 0 unspecified atom stereocenters. The molecule has 0 heterocycles. The molecule has 0 atom stereocenters. The summed E-state index contributed by atoms with van der Waals surface area (Å²) in [7, 11) is 0. The molecule has 0 spiro atoms. The zero-order chi connectivity index (χ0) is 32.4. The molecular formula is C34H32O9Ti. The van der Waals surface area contributed by atoms with E-state index < -0.39 is 53.0 Å². The van der Waals surface area contributed by atoms with Crippen molar-refractivity contribution >= 4 is 17.9 Å². The van der Waals surface area contributed by atoms with Crippen LogP contribution in [0.4, 0.5) is 0 Å². The van der Waals surface area contributed by atoms with Gasteiger partial charge in [-0.1, -0.05) is 0 Å². The molecule has 0 bridgehead atoms. The van der Waals surface area contributed by atoms with Crippen molar-refractivity contribution < 1.29 is 58.7 Å². The van der Waals surface area contributed by atoms with Crippen LogP contribution in [0.25, 0.3) is 0 Å². The molecule has 0 amide bonds. The van der Waals surface area contributed by atoms with Crippen molar-refractivity contribution in [2.24, 2.45) is 0 Å². The van der Waals surface area contributed by atoms with Crippen LogP contribution in [0.15, 0.2) is 97.1 Å². The van der Waals surface area contributed by atoms with E-state index in [2.05, 4.69) is 0 Å². The molecule has 0 aliphatic heterocycles. The Morgan fingerprint density at radius 1 is 0.591 bits per heavy atom. The second-order valence-corrected chi connectivity index (χ2v) is 12.6. The first-order valence-corrected chi connectivity index (χ1v) is 15.7. The SMILES string of the molecule is CC(C)(c1ccccc1)c1c(C(=O)O)cccc1C([O][Ti](=[O])[OH])(C(=O)O)c1cccc(C(=O)O)c1C(C)(C)c1ccccc1. The van der Waals surface area contributed by atoms with Gasteiger partial charge in [-0.25, -0.2) is 0 Å². The Morgan fingerprint density at radius 2 is 0.955 bits per heavy atom. The standard InChI is InChI=1S/C34H31O7.H2O.O.Ti/c1-32(2,21-13-7-5-8-14-21)27-23(29(35)36)17-11-19-25(27)34(41,31(39)40)26-20-12-18-24(30(37)38)28(26)33(3,4)22-15-9-6-10-16-22;;;/h5-20H,1-4H3,(H,35,36)(H,37,38)(H,39,40);1H2;;/q-1;;;+2/p-1. The maximum absolute atomic E-state index is 13.7. The van der Waals surface area contributed by atoms with Gasteiger partial charge in [0.25, 0.3) is 0 Å². The second kappa shape index (κ2) is 12.4. The van der Waals surface area contributed by atoms with Crippen LogP contribution in [-0.4, -0.2) is 36.9 Å². The summed E-state index contributed by atoms with van der Waals surface area (Å²) in [5.41, 5.74) is -4.69. The van der Waals surface area contributed by atoms with Crippen LogP contribution >= 0.6 is 0 Å². The van der Waals surface area contributed by atoms with Gasteiger partial charge in [-0.3, -0.25) is 0 Å². The molecule has 44 heavy (non-hydrogen) atoms. The van der Waals surface area contributed by atoms with E-state index in [9.17, 15) is 36.7 Å². The Labute approximate surface area is 261 Å². The summed E-state index contributed by atoms with van der Waals surface area (Å²) in [5, 5.41) is 31.8. The molecule has 4 aromatic rings. The average Bonchev–Trinajstić information content (AvgIpc) is 2.99. The Hall–Kier alpha value is -4.28. The van der Waals surface area contributed by atoms with E-state index in [1.54, 1.807) is 88.4 Å². The van der Waals surface area contributed by atoms with E-state index in [4.69, 9.17) is 3.32 Å². The molecule has 0 saturated heterocycles. The maximum atomic E-state index is 13.7. The van der Waals surface area contributed by atoms with Gasteiger partial charge < -0.3 is 0 Å². The zero-order valence-electron chi connectivity index (χ0n) is 24.6. The number of aromatic carboxylic acids is 2. The summed E-state index contributed by atoms with van der Waals surface area (Å²) in [6.45, 7) is 6.87. The van der Waals surface area contributed by atoms with Crippen molar-refractivity contribution in [2.45, 2.75) is 44.1 Å². The summed E-state index contributed by atoms with van der Waals surface area (Å²) < 4.78 is 28.7. The molecular weight excluding hydrogens is 600 g/mol. The quantitative estimate of drug-likeness (QED) is 0.149. The minimum absolute atomic E-state index is 0.0322. The number of rotatable bonds is 11. The monoisotopic (exact) mass is 632 g/mol. The molecule has 0 fully saturated rings. The minimum atomic E-state index is -4.81. The van der Waals surface area contributed by atoms with Crippen molar-refractivity contribution in [2.75, 3.05) is 0 Å². The molecule has 0 aliphatic rings. The van der Waals surface area contributed by atoms with E-state index in [1.807, 2.05) is 0 Å². The third-order valence-corrected chi connectivity index (χ3v) is 8.88. The van der Waals surface area contributed by atoms with Gasteiger partial charge in [0.2, 0.25) is 0 Å². The van der Waals surface area contributed by atoms with Crippen molar-refractivity contribution in [1.29, 1.82) is 0 Å². The summed E-state index contributed by atoms with van der Waals surface area (Å²) in [6, 6.07) is 25.7. The average molecular weight is 632 g/mol. The van der Waals surface area contributed by atoms with Gasteiger partial charge >= 0.3 is 262 Å².